The topological polar surface area (TPSA) is 92.9 Å². The number of carbonyl (C=O) groups is 1. The Hall–Kier alpha value is -3.58. The fourth-order valence-corrected chi connectivity index (χ4v) is 3.87. The van der Waals surface area contributed by atoms with Gasteiger partial charge in [-0.15, -0.1) is 0 Å². The van der Waals surface area contributed by atoms with Crippen molar-refractivity contribution in [3.8, 4) is 22.5 Å². The average Bonchev–Trinajstić information content (AvgIpc) is 3.34. The molecule has 1 aromatic carbocycles. The van der Waals surface area contributed by atoms with Crippen LogP contribution in [-0.2, 0) is 13.0 Å². The first-order chi connectivity index (χ1) is 13.8. The van der Waals surface area contributed by atoms with Crippen LogP contribution >= 0.6 is 0 Å². The lowest BCUT2D eigenvalue weighted by Crippen LogP contribution is -2.18. The molecule has 0 aliphatic carbocycles. The summed E-state index contributed by atoms with van der Waals surface area (Å²) in [5, 5.41) is 14.7. The minimum absolute atomic E-state index is 0.352. The van der Waals surface area contributed by atoms with E-state index in [1.165, 1.54) is 5.69 Å². The molecule has 0 bridgehead atoms. The van der Waals surface area contributed by atoms with Gasteiger partial charge in [0.1, 0.15) is 5.69 Å². The quantitative estimate of drug-likeness (QED) is 0.426. The van der Waals surface area contributed by atoms with E-state index in [0.717, 1.165) is 47.3 Å². The van der Waals surface area contributed by atoms with Gasteiger partial charge in [0.25, 0.3) is 5.91 Å². The average molecular weight is 371 g/mol. The number of aromatic nitrogens is 4. The third kappa shape index (κ3) is 2.56. The van der Waals surface area contributed by atoms with Crippen LogP contribution in [0.3, 0.4) is 0 Å². The number of carbonyl (C=O) groups excluding carboxylic acids is 1. The number of nitrogens with one attached hydrogen (secondary N) is 1. The first kappa shape index (κ1) is 16.6. The lowest BCUT2D eigenvalue weighted by atomic mass is 9.96. The molecule has 0 unspecified atom stereocenters. The summed E-state index contributed by atoms with van der Waals surface area (Å²) in [7, 11) is 0. The summed E-state index contributed by atoms with van der Waals surface area (Å²) in [5.74, 6) is -0.560. The van der Waals surface area contributed by atoms with E-state index in [0.29, 0.717) is 11.1 Å². The molecule has 28 heavy (non-hydrogen) atoms. The predicted molar refractivity (Wildman–Crippen MR) is 104 cm³/mol. The Morgan fingerprint density at radius 1 is 1.11 bits per heavy atom. The van der Waals surface area contributed by atoms with Crippen LogP contribution in [0, 0.1) is 0 Å². The molecule has 1 aliphatic rings. The lowest BCUT2D eigenvalue weighted by Gasteiger charge is -2.09. The first-order valence-corrected chi connectivity index (χ1v) is 9.11. The second-order valence-electron chi connectivity index (χ2n) is 6.74. The molecule has 1 amide bonds. The van der Waals surface area contributed by atoms with Gasteiger partial charge >= 0.3 is 0 Å². The van der Waals surface area contributed by atoms with Crippen molar-refractivity contribution >= 4 is 16.8 Å². The van der Waals surface area contributed by atoms with E-state index in [2.05, 4.69) is 14.6 Å². The van der Waals surface area contributed by atoms with E-state index in [9.17, 15) is 4.79 Å². The Morgan fingerprint density at radius 3 is 2.86 bits per heavy atom. The van der Waals surface area contributed by atoms with Gasteiger partial charge in [-0.1, -0.05) is 12.1 Å². The zero-order valence-electron chi connectivity index (χ0n) is 15.0. The molecule has 2 N–H and O–H groups in total. The number of aryl methyl sites for hydroxylation is 1. The van der Waals surface area contributed by atoms with E-state index < -0.39 is 5.91 Å². The molecule has 5 rings (SSSR count). The molecule has 7 heteroatoms. The Morgan fingerprint density at radius 2 is 2.04 bits per heavy atom. The van der Waals surface area contributed by atoms with Gasteiger partial charge in [0.2, 0.25) is 0 Å². The maximum Gasteiger partial charge on any atom is 0.274 e. The molecule has 0 atom stereocenters. The SMILES string of the molecule is O=C(NO)c1ccc2c(-c3c(-c4ccccn4)nn4c3CCC4)ccnc2c1. The number of amides is 1. The van der Waals surface area contributed by atoms with Crippen LogP contribution in [0.25, 0.3) is 33.4 Å². The van der Waals surface area contributed by atoms with Crippen molar-refractivity contribution in [1.29, 1.82) is 0 Å². The fourth-order valence-electron chi connectivity index (χ4n) is 3.87. The highest BCUT2D eigenvalue weighted by Gasteiger charge is 2.25. The van der Waals surface area contributed by atoms with Crippen LogP contribution in [0.1, 0.15) is 22.5 Å². The summed E-state index contributed by atoms with van der Waals surface area (Å²) >= 11 is 0. The van der Waals surface area contributed by atoms with Crippen LogP contribution < -0.4 is 5.48 Å². The van der Waals surface area contributed by atoms with Gasteiger partial charge in [0, 0.05) is 41.1 Å². The second-order valence-corrected chi connectivity index (χ2v) is 6.74. The molecule has 0 radical (unpaired) electrons. The Balaban J connectivity index is 1.76. The van der Waals surface area contributed by atoms with Gasteiger partial charge in [-0.05, 0) is 48.7 Å². The van der Waals surface area contributed by atoms with E-state index in [1.54, 1.807) is 30.0 Å². The van der Waals surface area contributed by atoms with Crippen molar-refractivity contribution in [2.24, 2.45) is 0 Å². The van der Waals surface area contributed by atoms with Gasteiger partial charge < -0.3 is 0 Å². The van der Waals surface area contributed by atoms with E-state index in [4.69, 9.17) is 10.3 Å². The minimum Gasteiger partial charge on any atom is -0.288 e. The number of pyridine rings is 2. The molecule has 4 heterocycles. The molecule has 1 aliphatic heterocycles. The zero-order valence-corrected chi connectivity index (χ0v) is 15.0. The number of rotatable bonds is 3. The predicted octanol–water partition coefficient (Wildman–Crippen LogP) is 3.23. The molecular formula is C21H17N5O2. The van der Waals surface area contributed by atoms with Gasteiger partial charge in [0.05, 0.1) is 11.2 Å². The summed E-state index contributed by atoms with van der Waals surface area (Å²) in [4.78, 5) is 20.7. The van der Waals surface area contributed by atoms with Crippen molar-refractivity contribution in [2.45, 2.75) is 19.4 Å². The van der Waals surface area contributed by atoms with Crippen LogP contribution in [0.2, 0.25) is 0 Å². The number of hydrogen-bond acceptors (Lipinski definition) is 5. The highest BCUT2D eigenvalue weighted by atomic mass is 16.5. The maximum absolute atomic E-state index is 11.8. The number of hydroxylamine groups is 1. The maximum atomic E-state index is 11.8. The summed E-state index contributed by atoms with van der Waals surface area (Å²) in [6, 6.07) is 13.0. The number of nitrogens with zero attached hydrogens (tertiary/aromatic N) is 4. The molecule has 3 aromatic heterocycles. The smallest absolute Gasteiger partial charge is 0.274 e. The van der Waals surface area contributed by atoms with Crippen molar-refractivity contribution in [1.82, 2.24) is 25.2 Å². The van der Waals surface area contributed by atoms with Crippen molar-refractivity contribution in [3.05, 3.63) is 66.1 Å². The molecule has 0 saturated carbocycles. The number of fused-ring (bicyclic) bond motifs is 2. The fraction of sp³-hybridized carbons (Fsp3) is 0.143. The summed E-state index contributed by atoms with van der Waals surface area (Å²) in [5.41, 5.74) is 7.68. The van der Waals surface area contributed by atoms with Crippen LogP contribution in [-0.4, -0.2) is 30.9 Å². The Labute approximate surface area is 160 Å². The third-order valence-corrected chi connectivity index (χ3v) is 5.12. The number of benzene rings is 1. The second kappa shape index (κ2) is 6.54. The summed E-state index contributed by atoms with van der Waals surface area (Å²) in [6.45, 7) is 0.902. The van der Waals surface area contributed by atoms with Crippen LogP contribution in [0.4, 0.5) is 0 Å². The zero-order chi connectivity index (χ0) is 19.1. The first-order valence-electron chi connectivity index (χ1n) is 9.11. The lowest BCUT2D eigenvalue weighted by molar-refractivity contribution is 0.0706. The van der Waals surface area contributed by atoms with E-state index in [-0.39, 0.29) is 0 Å². The number of hydrogen-bond donors (Lipinski definition) is 2. The van der Waals surface area contributed by atoms with Crippen LogP contribution in [0.5, 0.6) is 0 Å². The Kier molecular flexibility index (Phi) is 3.87. The van der Waals surface area contributed by atoms with Crippen LogP contribution in [0.15, 0.2) is 54.9 Å². The van der Waals surface area contributed by atoms with Crippen molar-refractivity contribution in [3.63, 3.8) is 0 Å². The monoisotopic (exact) mass is 371 g/mol. The largest absolute Gasteiger partial charge is 0.288 e. The standard InChI is InChI=1S/C21H17N5O2/c27-21(25-28)13-6-7-14-15(8-10-23-17(14)12-13)19-18-5-3-11-26(18)24-20(19)16-4-1-2-9-22-16/h1-2,4,6-10,12,28H,3,5,11H2,(H,25,27). The molecule has 138 valence electrons. The van der Waals surface area contributed by atoms with Gasteiger partial charge in [-0.3, -0.25) is 24.7 Å². The highest BCUT2D eigenvalue weighted by molar-refractivity contribution is 6.02. The minimum atomic E-state index is -0.560. The molecule has 7 nitrogen and oxygen atoms in total. The van der Waals surface area contributed by atoms with Gasteiger partial charge in [-0.2, -0.15) is 5.10 Å². The van der Waals surface area contributed by atoms with Crippen molar-refractivity contribution in [2.75, 3.05) is 0 Å². The van der Waals surface area contributed by atoms with Gasteiger partial charge in [-0.25, -0.2) is 5.48 Å². The van der Waals surface area contributed by atoms with Crippen molar-refractivity contribution < 1.29 is 10.0 Å². The van der Waals surface area contributed by atoms with E-state index >= 15 is 0 Å². The highest BCUT2D eigenvalue weighted by Crippen LogP contribution is 2.39. The van der Waals surface area contributed by atoms with E-state index in [1.807, 2.05) is 30.3 Å². The molecular weight excluding hydrogens is 354 g/mol. The molecule has 0 saturated heterocycles. The molecule has 0 spiro atoms. The molecule has 0 fully saturated rings. The van der Waals surface area contributed by atoms with Gasteiger partial charge in [0.15, 0.2) is 0 Å². The summed E-state index contributed by atoms with van der Waals surface area (Å²) in [6.07, 6.45) is 5.54. The summed E-state index contributed by atoms with van der Waals surface area (Å²) < 4.78 is 2.07. The third-order valence-electron chi connectivity index (χ3n) is 5.12. The Bertz CT molecular complexity index is 1200. The normalized spacial score (nSPS) is 12.9. The molecule has 4 aromatic rings.